The van der Waals surface area contributed by atoms with Crippen molar-refractivity contribution in [1.29, 1.82) is 0 Å². The first-order chi connectivity index (χ1) is 17.4. The highest BCUT2D eigenvalue weighted by molar-refractivity contribution is 5.91. The molecule has 1 aromatic carbocycles. The Labute approximate surface area is 207 Å². The molecule has 3 N–H and O–H groups in total. The summed E-state index contributed by atoms with van der Waals surface area (Å²) >= 11 is 0. The number of piperidine rings is 1. The van der Waals surface area contributed by atoms with E-state index in [9.17, 15) is 19.5 Å². The van der Waals surface area contributed by atoms with Crippen molar-refractivity contribution in [3.8, 4) is 0 Å². The molecule has 192 valence electrons. The average Bonchev–Trinajstić information content (AvgIpc) is 3.53. The molecule has 0 radical (unpaired) electrons. The van der Waals surface area contributed by atoms with Crippen LogP contribution in [-0.4, -0.2) is 79.3 Å². The van der Waals surface area contributed by atoms with E-state index in [2.05, 4.69) is 27.3 Å². The lowest BCUT2D eigenvalue weighted by Crippen LogP contribution is -2.47. The number of fused-ring (bicyclic) bond motifs is 3. The average molecular weight is 497 g/mol. The van der Waals surface area contributed by atoms with Crippen LogP contribution in [0, 0.1) is 5.92 Å². The van der Waals surface area contributed by atoms with Crippen molar-refractivity contribution in [3.05, 3.63) is 40.4 Å². The second-order valence-electron chi connectivity index (χ2n) is 9.86. The number of hydrogen-bond donors (Lipinski definition) is 3. The number of para-hydroxylation sites is 2. The van der Waals surface area contributed by atoms with Crippen molar-refractivity contribution in [1.82, 2.24) is 29.8 Å². The van der Waals surface area contributed by atoms with Crippen molar-refractivity contribution in [2.75, 3.05) is 26.3 Å². The first kappa shape index (κ1) is 24.4. The van der Waals surface area contributed by atoms with Crippen LogP contribution in [0.4, 0.5) is 0 Å². The second-order valence-corrected chi connectivity index (χ2v) is 9.86. The van der Waals surface area contributed by atoms with Crippen LogP contribution in [0.15, 0.2) is 29.1 Å². The highest BCUT2D eigenvalue weighted by atomic mass is 16.5. The molecular formula is C25H32N6O5. The smallest absolute Gasteiger partial charge is 0.293 e. The number of unbranched alkanes of at least 4 members (excludes halogenated alkanes) is 1. The van der Waals surface area contributed by atoms with Crippen molar-refractivity contribution < 1.29 is 19.4 Å². The maximum atomic E-state index is 13.2. The molecule has 5 rings (SSSR count). The number of aromatic nitrogens is 4. The van der Waals surface area contributed by atoms with Gasteiger partial charge in [0, 0.05) is 13.1 Å². The molecule has 2 aliphatic rings. The van der Waals surface area contributed by atoms with E-state index in [4.69, 9.17) is 4.74 Å². The standard InChI is InChI=1S/C25H32N6O5/c1-2-3-6-17(14-32)26-22(33)16-13-25(36-15-16)9-11-30(12-10-25)24(35)20-28-21-23(34)27-18-7-4-5-8-19(18)31(21)29-20/h4-5,7-8,16-17,32H,2-3,6,9-15H2,1H3,(H,26,33)(H,27,34)/t16-,17+/m0/s1. The van der Waals surface area contributed by atoms with Crippen molar-refractivity contribution in [3.63, 3.8) is 0 Å². The largest absolute Gasteiger partial charge is 0.394 e. The third-order valence-corrected chi connectivity index (χ3v) is 7.40. The topological polar surface area (TPSA) is 142 Å². The van der Waals surface area contributed by atoms with Crippen LogP contribution in [-0.2, 0) is 9.53 Å². The molecule has 2 aliphatic heterocycles. The predicted molar refractivity (Wildman–Crippen MR) is 132 cm³/mol. The minimum Gasteiger partial charge on any atom is -0.394 e. The lowest BCUT2D eigenvalue weighted by atomic mass is 9.85. The number of aliphatic hydroxyl groups excluding tert-OH is 1. The molecule has 2 fully saturated rings. The van der Waals surface area contributed by atoms with Crippen LogP contribution in [0.5, 0.6) is 0 Å². The number of carbonyl (C=O) groups is 2. The van der Waals surface area contributed by atoms with Gasteiger partial charge in [-0.25, -0.2) is 4.52 Å². The minimum absolute atomic E-state index is 0.0143. The van der Waals surface area contributed by atoms with E-state index in [1.54, 1.807) is 11.0 Å². The summed E-state index contributed by atoms with van der Waals surface area (Å²) in [5, 5.41) is 16.9. The number of benzene rings is 1. The highest BCUT2D eigenvalue weighted by Crippen LogP contribution is 2.39. The summed E-state index contributed by atoms with van der Waals surface area (Å²) in [5.74, 6) is -0.680. The molecule has 3 aromatic rings. The molecule has 36 heavy (non-hydrogen) atoms. The third kappa shape index (κ3) is 4.60. The zero-order valence-corrected chi connectivity index (χ0v) is 20.4. The molecule has 0 aliphatic carbocycles. The van der Waals surface area contributed by atoms with Gasteiger partial charge in [-0.05, 0) is 37.8 Å². The Morgan fingerprint density at radius 2 is 2.08 bits per heavy atom. The number of nitrogens with zero attached hydrogens (tertiary/aromatic N) is 4. The summed E-state index contributed by atoms with van der Waals surface area (Å²) in [5.41, 5.74) is 0.527. The number of nitrogens with one attached hydrogen (secondary N) is 2. The summed E-state index contributed by atoms with van der Waals surface area (Å²) in [6.45, 7) is 3.26. The minimum atomic E-state index is -0.434. The monoisotopic (exact) mass is 496 g/mol. The van der Waals surface area contributed by atoms with E-state index in [1.807, 2.05) is 18.2 Å². The number of H-pyrrole nitrogens is 1. The van der Waals surface area contributed by atoms with Crippen LogP contribution in [0.3, 0.4) is 0 Å². The van der Waals surface area contributed by atoms with Crippen LogP contribution in [0.25, 0.3) is 16.7 Å². The molecule has 0 unspecified atom stereocenters. The van der Waals surface area contributed by atoms with Crippen LogP contribution in [0.2, 0.25) is 0 Å². The second kappa shape index (κ2) is 9.98. The Kier molecular flexibility index (Phi) is 6.76. The highest BCUT2D eigenvalue weighted by Gasteiger charge is 2.46. The Bertz CT molecular complexity index is 1330. The SMILES string of the molecule is CCCC[C@H](CO)NC(=O)[C@@H]1COC2(CCN(C(=O)c3nc4c(=O)[nH]c5ccccc5n4n3)CC2)C1. The molecule has 1 spiro atoms. The zero-order valence-electron chi connectivity index (χ0n) is 20.4. The fraction of sp³-hybridized carbons (Fsp3) is 0.560. The normalized spacial score (nSPS) is 20.3. The molecule has 11 heteroatoms. The maximum Gasteiger partial charge on any atom is 0.293 e. The van der Waals surface area contributed by atoms with E-state index >= 15 is 0 Å². The molecule has 2 amide bonds. The van der Waals surface area contributed by atoms with Crippen molar-refractivity contribution >= 4 is 28.5 Å². The van der Waals surface area contributed by atoms with E-state index < -0.39 is 11.2 Å². The molecule has 11 nitrogen and oxygen atoms in total. The van der Waals surface area contributed by atoms with Gasteiger partial charge in [0.05, 0.1) is 41.8 Å². The summed E-state index contributed by atoms with van der Waals surface area (Å²) in [7, 11) is 0. The van der Waals surface area contributed by atoms with Gasteiger partial charge in [-0.3, -0.25) is 14.4 Å². The van der Waals surface area contributed by atoms with Crippen LogP contribution in [0.1, 0.15) is 56.1 Å². The fourth-order valence-electron chi connectivity index (χ4n) is 5.26. The lowest BCUT2D eigenvalue weighted by Gasteiger charge is -2.38. The first-order valence-electron chi connectivity index (χ1n) is 12.7. The number of ether oxygens (including phenoxy) is 1. The molecule has 2 saturated heterocycles. The lowest BCUT2D eigenvalue weighted by molar-refractivity contribution is -0.126. The van der Waals surface area contributed by atoms with Gasteiger partial charge in [0.2, 0.25) is 17.4 Å². The van der Waals surface area contributed by atoms with Gasteiger partial charge in [0.1, 0.15) is 0 Å². The number of aromatic amines is 1. The van der Waals surface area contributed by atoms with Gasteiger partial charge in [-0.1, -0.05) is 31.9 Å². The van der Waals surface area contributed by atoms with Gasteiger partial charge >= 0.3 is 0 Å². The molecule has 0 saturated carbocycles. The summed E-state index contributed by atoms with van der Waals surface area (Å²) < 4.78 is 7.53. The van der Waals surface area contributed by atoms with Crippen molar-refractivity contribution in [2.45, 2.75) is 57.1 Å². The molecule has 2 aromatic heterocycles. The zero-order chi connectivity index (χ0) is 25.3. The quantitative estimate of drug-likeness (QED) is 0.447. The van der Waals surface area contributed by atoms with Crippen molar-refractivity contribution in [2.24, 2.45) is 5.92 Å². The number of rotatable bonds is 7. The Morgan fingerprint density at radius 1 is 1.31 bits per heavy atom. The Hall–Kier alpha value is -3.31. The Morgan fingerprint density at radius 3 is 2.83 bits per heavy atom. The van der Waals surface area contributed by atoms with E-state index in [0.29, 0.717) is 50.0 Å². The van der Waals surface area contributed by atoms with Gasteiger partial charge in [0.15, 0.2) is 0 Å². The van der Waals surface area contributed by atoms with E-state index in [1.165, 1.54) is 4.52 Å². The number of amides is 2. The fourth-order valence-corrected chi connectivity index (χ4v) is 5.26. The summed E-state index contributed by atoms with van der Waals surface area (Å²) in [6, 6.07) is 7.00. The van der Waals surface area contributed by atoms with Gasteiger partial charge in [-0.2, -0.15) is 4.98 Å². The number of likely N-dealkylation sites (tertiary alicyclic amines) is 1. The molecule has 2 atom stereocenters. The summed E-state index contributed by atoms with van der Waals surface area (Å²) in [6.07, 6.45) is 4.53. The molecular weight excluding hydrogens is 464 g/mol. The van der Waals surface area contributed by atoms with Gasteiger partial charge < -0.3 is 25.0 Å². The molecule has 0 bridgehead atoms. The third-order valence-electron chi connectivity index (χ3n) is 7.40. The van der Waals surface area contributed by atoms with Gasteiger partial charge in [0.25, 0.3) is 11.5 Å². The van der Waals surface area contributed by atoms with Gasteiger partial charge in [-0.15, -0.1) is 5.10 Å². The number of hydrogen-bond acceptors (Lipinski definition) is 7. The molecule has 4 heterocycles. The predicted octanol–water partition coefficient (Wildman–Crippen LogP) is 1.25. The van der Waals surface area contributed by atoms with E-state index in [-0.39, 0.29) is 41.9 Å². The Balaban J connectivity index is 1.22. The van der Waals surface area contributed by atoms with Crippen LogP contribution < -0.4 is 10.9 Å². The first-order valence-corrected chi connectivity index (χ1v) is 12.7. The van der Waals surface area contributed by atoms with E-state index in [0.717, 1.165) is 19.3 Å². The maximum absolute atomic E-state index is 13.2. The summed E-state index contributed by atoms with van der Waals surface area (Å²) in [4.78, 5) is 47.0. The number of carbonyl (C=O) groups excluding carboxylic acids is 2. The van der Waals surface area contributed by atoms with Crippen LogP contribution >= 0.6 is 0 Å². The number of aliphatic hydroxyl groups is 1.